The molecule has 18 heavy (non-hydrogen) atoms. The number of aliphatic carboxylic acids is 1. The van der Waals surface area contributed by atoms with Gasteiger partial charge in [-0.05, 0) is 31.7 Å². The van der Waals surface area contributed by atoms with Crippen LogP contribution in [0.25, 0.3) is 10.2 Å². The van der Waals surface area contributed by atoms with Gasteiger partial charge in [0.15, 0.2) is 0 Å². The topological polar surface area (TPSA) is 83.3 Å². The number of fused-ring (bicyclic) bond motifs is 3. The summed E-state index contributed by atoms with van der Waals surface area (Å²) < 4.78 is 0. The Kier molecular flexibility index (Phi) is 2.31. The van der Waals surface area contributed by atoms with Crippen LogP contribution in [0.4, 0.5) is 0 Å². The SMILES string of the molecule is CC1(C(=O)O)CCc2c(sc3ncnc(O)c23)C1. The molecular weight excluding hydrogens is 252 g/mol. The number of carboxylic acids is 1. The standard InChI is InChI=1S/C12H12N2O3S/c1-12(11(16)17)3-2-6-7(4-12)18-10-8(6)9(15)13-5-14-10/h5H,2-4H2,1H3,(H,16,17)(H,13,14,15). The van der Waals surface area contributed by atoms with E-state index < -0.39 is 11.4 Å². The molecule has 6 heteroatoms. The predicted molar refractivity (Wildman–Crippen MR) is 66.8 cm³/mol. The number of carbonyl (C=O) groups is 1. The molecule has 0 fully saturated rings. The molecule has 1 unspecified atom stereocenters. The maximum Gasteiger partial charge on any atom is 0.309 e. The monoisotopic (exact) mass is 264 g/mol. The first-order valence-electron chi connectivity index (χ1n) is 5.69. The van der Waals surface area contributed by atoms with Crippen molar-refractivity contribution in [2.24, 2.45) is 5.41 Å². The summed E-state index contributed by atoms with van der Waals surface area (Å²) in [5.41, 5.74) is 0.309. The van der Waals surface area contributed by atoms with Gasteiger partial charge in [0.1, 0.15) is 11.2 Å². The predicted octanol–water partition coefficient (Wildman–Crippen LogP) is 1.98. The Hall–Kier alpha value is -1.69. The number of thiophene rings is 1. The Morgan fingerprint density at radius 3 is 3.00 bits per heavy atom. The highest BCUT2D eigenvalue weighted by Crippen LogP contribution is 2.44. The zero-order valence-electron chi connectivity index (χ0n) is 9.80. The van der Waals surface area contributed by atoms with E-state index in [0.717, 1.165) is 15.3 Å². The van der Waals surface area contributed by atoms with E-state index in [1.807, 2.05) is 0 Å². The number of nitrogens with zero attached hydrogens (tertiary/aromatic N) is 2. The highest BCUT2D eigenvalue weighted by Gasteiger charge is 2.38. The van der Waals surface area contributed by atoms with Crippen LogP contribution in [0.2, 0.25) is 0 Å². The number of aromatic nitrogens is 2. The highest BCUT2D eigenvalue weighted by molar-refractivity contribution is 7.18. The molecule has 0 bridgehead atoms. The average Bonchev–Trinajstić information content (AvgIpc) is 2.67. The van der Waals surface area contributed by atoms with E-state index in [0.29, 0.717) is 24.6 Å². The van der Waals surface area contributed by atoms with Crippen molar-refractivity contribution in [1.82, 2.24) is 9.97 Å². The van der Waals surface area contributed by atoms with Gasteiger partial charge in [-0.2, -0.15) is 0 Å². The maximum atomic E-state index is 11.3. The van der Waals surface area contributed by atoms with E-state index in [-0.39, 0.29) is 5.88 Å². The Morgan fingerprint density at radius 2 is 2.28 bits per heavy atom. The van der Waals surface area contributed by atoms with Crippen molar-refractivity contribution >= 4 is 27.5 Å². The summed E-state index contributed by atoms with van der Waals surface area (Å²) in [4.78, 5) is 21.0. The fourth-order valence-corrected chi connectivity index (χ4v) is 3.82. The summed E-state index contributed by atoms with van der Waals surface area (Å²) in [6, 6.07) is 0. The molecule has 2 heterocycles. The second kappa shape index (κ2) is 3.65. The average molecular weight is 264 g/mol. The van der Waals surface area contributed by atoms with Gasteiger partial charge in [0, 0.05) is 4.88 Å². The van der Waals surface area contributed by atoms with E-state index in [4.69, 9.17) is 0 Å². The molecule has 0 saturated carbocycles. The van der Waals surface area contributed by atoms with Crippen molar-refractivity contribution in [3.63, 3.8) is 0 Å². The molecule has 2 aromatic heterocycles. The van der Waals surface area contributed by atoms with E-state index in [1.54, 1.807) is 6.92 Å². The van der Waals surface area contributed by atoms with Crippen molar-refractivity contribution in [2.75, 3.05) is 0 Å². The van der Waals surface area contributed by atoms with Crippen LogP contribution >= 0.6 is 11.3 Å². The molecule has 5 nitrogen and oxygen atoms in total. The van der Waals surface area contributed by atoms with Crippen LogP contribution in [0.5, 0.6) is 5.88 Å². The van der Waals surface area contributed by atoms with Gasteiger partial charge in [-0.15, -0.1) is 11.3 Å². The maximum absolute atomic E-state index is 11.3. The largest absolute Gasteiger partial charge is 0.493 e. The summed E-state index contributed by atoms with van der Waals surface area (Å²) in [5.74, 6) is -0.766. The first-order valence-corrected chi connectivity index (χ1v) is 6.50. The summed E-state index contributed by atoms with van der Waals surface area (Å²) in [6.45, 7) is 1.77. The summed E-state index contributed by atoms with van der Waals surface area (Å²) in [5, 5.41) is 19.8. The van der Waals surface area contributed by atoms with E-state index in [1.165, 1.54) is 17.7 Å². The molecule has 0 spiro atoms. The molecule has 1 aliphatic carbocycles. The zero-order chi connectivity index (χ0) is 12.9. The van der Waals surface area contributed by atoms with E-state index in [2.05, 4.69) is 9.97 Å². The summed E-state index contributed by atoms with van der Waals surface area (Å²) in [7, 11) is 0. The van der Waals surface area contributed by atoms with Crippen molar-refractivity contribution in [2.45, 2.75) is 26.2 Å². The fourth-order valence-electron chi connectivity index (χ4n) is 2.45. The van der Waals surface area contributed by atoms with Gasteiger partial charge < -0.3 is 10.2 Å². The first-order chi connectivity index (χ1) is 8.51. The van der Waals surface area contributed by atoms with Gasteiger partial charge in [-0.25, -0.2) is 9.97 Å². The zero-order valence-corrected chi connectivity index (χ0v) is 10.6. The van der Waals surface area contributed by atoms with Crippen LogP contribution < -0.4 is 0 Å². The van der Waals surface area contributed by atoms with Crippen LogP contribution in [-0.4, -0.2) is 26.2 Å². The lowest BCUT2D eigenvalue weighted by Crippen LogP contribution is -2.33. The first kappa shape index (κ1) is 11.4. The molecule has 0 aromatic carbocycles. The Labute approximate surface area is 107 Å². The minimum absolute atomic E-state index is 0.00331. The van der Waals surface area contributed by atoms with Crippen molar-refractivity contribution in [3.05, 3.63) is 16.8 Å². The van der Waals surface area contributed by atoms with Crippen LogP contribution in [-0.2, 0) is 17.6 Å². The molecule has 0 radical (unpaired) electrons. The Balaban J connectivity index is 2.17. The van der Waals surface area contributed by atoms with Crippen molar-refractivity contribution in [3.8, 4) is 5.88 Å². The van der Waals surface area contributed by atoms with Crippen LogP contribution in [0.15, 0.2) is 6.33 Å². The van der Waals surface area contributed by atoms with Gasteiger partial charge in [0.25, 0.3) is 0 Å². The molecule has 94 valence electrons. The van der Waals surface area contributed by atoms with Gasteiger partial charge in [-0.3, -0.25) is 4.79 Å². The van der Waals surface area contributed by atoms with Crippen molar-refractivity contribution < 1.29 is 15.0 Å². The fraction of sp³-hybridized carbons (Fsp3) is 0.417. The van der Waals surface area contributed by atoms with Gasteiger partial charge >= 0.3 is 5.97 Å². The van der Waals surface area contributed by atoms with Crippen LogP contribution in [0, 0.1) is 5.41 Å². The summed E-state index contributed by atoms with van der Waals surface area (Å²) >= 11 is 1.46. The third-order valence-corrected chi connectivity index (χ3v) is 4.78. The minimum Gasteiger partial charge on any atom is -0.493 e. The molecule has 0 saturated heterocycles. The van der Waals surface area contributed by atoms with E-state index in [9.17, 15) is 15.0 Å². The normalized spacial score (nSPS) is 22.9. The number of hydrogen-bond donors (Lipinski definition) is 2. The molecular formula is C12H12N2O3S. The van der Waals surface area contributed by atoms with Gasteiger partial charge in [-0.1, -0.05) is 0 Å². The Morgan fingerprint density at radius 1 is 1.50 bits per heavy atom. The molecule has 1 aliphatic rings. The van der Waals surface area contributed by atoms with E-state index >= 15 is 0 Å². The lowest BCUT2D eigenvalue weighted by molar-refractivity contribution is -0.148. The quantitative estimate of drug-likeness (QED) is 0.822. The van der Waals surface area contributed by atoms with Gasteiger partial charge in [0.2, 0.25) is 5.88 Å². The van der Waals surface area contributed by atoms with Crippen LogP contribution in [0.1, 0.15) is 23.8 Å². The van der Waals surface area contributed by atoms with Crippen molar-refractivity contribution in [1.29, 1.82) is 0 Å². The number of rotatable bonds is 1. The van der Waals surface area contributed by atoms with Crippen LogP contribution in [0.3, 0.4) is 0 Å². The third kappa shape index (κ3) is 1.49. The highest BCUT2D eigenvalue weighted by atomic mass is 32.1. The molecule has 0 amide bonds. The molecule has 0 aliphatic heterocycles. The number of hydrogen-bond acceptors (Lipinski definition) is 5. The third-order valence-electron chi connectivity index (χ3n) is 3.64. The smallest absolute Gasteiger partial charge is 0.309 e. The number of aryl methyl sites for hydroxylation is 1. The Bertz CT molecular complexity index is 652. The number of aromatic hydroxyl groups is 1. The molecule has 2 N–H and O–H groups in total. The lowest BCUT2D eigenvalue weighted by atomic mass is 9.75. The second-order valence-electron chi connectivity index (χ2n) is 4.92. The van der Waals surface area contributed by atoms with Gasteiger partial charge in [0.05, 0.1) is 10.8 Å². The minimum atomic E-state index is -0.763. The number of carboxylic acid groups (broad SMARTS) is 1. The molecule has 3 rings (SSSR count). The summed E-state index contributed by atoms with van der Waals surface area (Å²) in [6.07, 6.45) is 3.06. The molecule has 2 aromatic rings. The second-order valence-corrected chi connectivity index (χ2v) is 6.01. The molecule has 1 atom stereocenters. The lowest BCUT2D eigenvalue weighted by Gasteiger charge is -2.28.